The summed E-state index contributed by atoms with van der Waals surface area (Å²) in [6, 6.07) is 17.0. The second-order valence-corrected chi connectivity index (χ2v) is 7.52. The van der Waals surface area contributed by atoms with E-state index >= 15 is 0 Å². The van der Waals surface area contributed by atoms with Gasteiger partial charge in [-0.1, -0.05) is 42.5 Å². The second-order valence-electron chi connectivity index (χ2n) is 7.52. The first-order valence-corrected chi connectivity index (χ1v) is 10.3. The average molecular weight is 410 g/mol. The predicted octanol–water partition coefficient (Wildman–Crippen LogP) is 0.345. The fourth-order valence-electron chi connectivity index (χ4n) is 3.59. The molecule has 2 aromatic carbocycles. The van der Waals surface area contributed by atoms with Crippen LogP contribution >= 0.6 is 0 Å². The zero-order chi connectivity index (χ0) is 21.3. The summed E-state index contributed by atoms with van der Waals surface area (Å²) in [5.74, 6) is -0.263. The number of para-hydroxylation sites is 1. The SMILES string of the molecule is CC(=O)N1CC[NH+](CC(=O)Nc2ccccc2C(=O)NCCc2ccccc2)CC1. The van der Waals surface area contributed by atoms with Crippen LogP contribution in [0.5, 0.6) is 0 Å². The van der Waals surface area contributed by atoms with Crippen molar-refractivity contribution in [3.63, 3.8) is 0 Å². The van der Waals surface area contributed by atoms with Crippen LogP contribution in [0.1, 0.15) is 22.8 Å². The third kappa shape index (κ3) is 6.15. The molecule has 3 rings (SSSR count). The van der Waals surface area contributed by atoms with Gasteiger partial charge in [-0.2, -0.15) is 0 Å². The number of amides is 3. The van der Waals surface area contributed by atoms with Crippen LogP contribution in [0.15, 0.2) is 54.6 Å². The summed E-state index contributed by atoms with van der Waals surface area (Å²) < 4.78 is 0. The van der Waals surface area contributed by atoms with E-state index in [-0.39, 0.29) is 17.7 Å². The van der Waals surface area contributed by atoms with Crippen LogP contribution in [0.25, 0.3) is 0 Å². The molecule has 158 valence electrons. The van der Waals surface area contributed by atoms with Crippen LogP contribution in [0, 0.1) is 0 Å². The Hall–Kier alpha value is -3.19. The molecule has 0 saturated carbocycles. The summed E-state index contributed by atoms with van der Waals surface area (Å²) in [6.45, 7) is 5.23. The monoisotopic (exact) mass is 409 g/mol. The first kappa shape index (κ1) is 21.5. The summed E-state index contributed by atoms with van der Waals surface area (Å²) in [5, 5.41) is 5.80. The molecule has 0 spiro atoms. The van der Waals surface area contributed by atoms with Gasteiger partial charge in [-0.15, -0.1) is 0 Å². The summed E-state index contributed by atoms with van der Waals surface area (Å²) in [6.07, 6.45) is 0.747. The quantitative estimate of drug-likeness (QED) is 0.617. The Bertz CT molecular complexity index is 877. The Morgan fingerprint density at radius 1 is 0.967 bits per heavy atom. The van der Waals surface area contributed by atoms with Crippen LogP contribution in [-0.2, 0) is 16.0 Å². The normalized spacial score (nSPS) is 14.2. The minimum absolute atomic E-state index is 0.0747. The molecule has 0 unspecified atom stereocenters. The number of carbonyl (C=O) groups is 3. The van der Waals surface area contributed by atoms with Crippen molar-refractivity contribution in [2.45, 2.75) is 13.3 Å². The molecule has 1 aliphatic heterocycles. The summed E-state index contributed by atoms with van der Waals surface area (Å²) >= 11 is 0. The Balaban J connectivity index is 1.51. The van der Waals surface area contributed by atoms with Gasteiger partial charge >= 0.3 is 0 Å². The van der Waals surface area contributed by atoms with Crippen molar-refractivity contribution in [2.75, 3.05) is 44.6 Å². The number of carbonyl (C=O) groups excluding carboxylic acids is 3. The van der Waals surface area contributed by atoms with E-state index in [0.29, 0.717) is 37.4 Å². The first-order valence-electron chi connectivity index (χ1n) is 10.3. The van der Waals surface area contributed by atoms with Gasteiger partial charge < -0.3 is 20.4 Å². The lowest BCUT2D eigenvalue weighted by Crippen LogP contribution is -3.15. The average Bonchev–Trinajstić information content (AvgIpc) is 2.75. The highest BCUT2D eigenvalue weighted by molar-refractivity contribution is 6.03. The highest BCUT2D eigenvalue weighted by atomic mass is 16.2. The largest absolute Gasteiger partial charge is 0.352 e. The standard InChI is InChI=1S/C23H28N4O3/c1-18(28)27-15-13-26(14-16-27)17-22(29)25-21-10-6-5-9-20(21)23(30)24-12-11-19-7-3-2-4-8-19/h2-10H,11-17H2,1H3,(H,24,30)(H,25,29)/p+1. The number of rotatable bonds is 7. The molecule has 0 atom stereocenters. The third-order valence-electron chi connectivity index (χ3n) is 5.31. The predicted molar refractivity (Wildman–Crippen MR) is 115 cm³/mol. The van der Waals surface area contributed by atoms with Crippen molar-refractivity contribution in [2.24, 2.45) is 0 Å². The lowest BCUT2D eigenvalue weighted by Gasteiger charge is -2.31. The van der Waals surface area contributed by atoms with Crippen LogP contribution < -0.4 is 15.5 Å². The Labute approximate surface area is 177 Å². The molecule has 2 aromatic rings. The molecule has 0 bridgehead atoms. The van der Waals surface area contributed by atoms with Gasteiger partial charge in [0.05, 0.1) is 37.4 Å². The fourth-order valence-corrected chi connectivity index (χ4v) is 3.59. The van der Waals surface area contributed by atoms with Crippen molar-refractivity contribution in [1.82, 2.24) is 10.2 Å². The smallest absolute Gasteiger partial charge is 0.279 e. The third-order valence-corrected chi connectivity index (χ3v) is 5.31. The molecule has 7 heteroatoms. The number of nitrogens with zero attached hydrogens (tertiary/aromatic N) is 1. The molecule has 1 heterocycles. The van der Waals surface area contributed by atoms with E-state index in [9.17, 15) is 14.4 Å². The van der Waals surface area contributed by atoms with E-state index < -0.39 is 0 Å². The molecule has 7 nitrogen and oxygen atoms in total. The second kappa shape index (κ2) is 10.5. The van der Waals surface area contributed by atoms with Crippen molar-refractivity contribution >= 4 is 23.4 Å². The molecule has 0 aromatic heterocycles. The summed E-state index contributed by atoms with van der Waals surface area (Å²) in [4.78, 5) is 39.5. The molecule has 30 heavy (non-hydrogen) atoms. The first-order chi connectivity index (χ1) is 14.5. The van der Waals surface area contributed by atoms with E-state index in [2.05, 4.69) is 10.6 Å². The molecule has 3 N–H and O–H groups in total. The number of hydrogen-bond acceptors (Lipinski definition) is 3. The maximum Gasteiger partial charge on any atom is 0.279 e. The van der Waals surface area contributed by atoms with E-state index in [4.69, 9.17) is 0 Å². The Morgan fingerprint density at radius 3 is 2.33 bits per heavy atom. The van der Waals surface area contributed by atoms with Crippen molar-refractivity contribution in [3.8, 4) is 0 Å². The van der Waals surface area contributed by atoms with Gasteiger partial charge in [-0.3, -0.25) is 14.4 Å². The molecule has 0 aliphatic carbocycles. The fraction of sp³-hybridized carbons (Fsp3) is 0.348. The van der Waals surface area contributed by atoms with Gasteiger partial charge in [-0.05, 0) is 24.1 Å². The highest BCUT2D eigenvalue weighted by Gasteiger charge is 2.24. The molecule has 1 saturated heterocycles. The van der Waals surface area contributed by atoms with Gasteiger partial charge in [0.1, 0.15) is 0 Å². The van der Waals surface area contributed by atoms with Crippen molar-refractivity contribution in [3.05, 3.63) is 65.7 Å². The van der Waals surface area contributed by atoms with E-state index in [1.54, 1.807) is 36.1 Å². The molecule has 1 aliphatic rings. The number of anilines is 1. The van der Waals surface area contributed by atoms with E-state index in [1.165, 1.54) is 0 Å². The summed E-state index contributed by atoms with van der Waals surface area (Å²) in [5.41, 5.74) is 2.13. The van der Waals surface area contributed by atoms with Gasteiger partial charge in [0.25, 0.3) is 11.8 Å². The zero-order valence-electron chi connectivity index (χ0n) is 17.3. The van der Waals surface area contributed by atoms with E-state index in [1.807, 2.05) is 30.3 Å². The van der Waals surface area contributed by atoms with E-state index in [0.717, 1.165) is 30.0 Å². The van der Waals surface area contributed by atoms with Crippen LogP contribution in [0.3, 0.4) is 0 Å². The number of nitrogens with one attached hydrogen (secondary N) is 3. The number of benzene rings is 2. The van der Waals surface area contributed by atoms with Crippen molar-refractivity contribution < 1.29 is 19.3 Å². The van der Waals surface area contributed by atoms with Gasteiger partial charge in [0, 0.05) is 13.5 Å². The van der Waals surface area contributed by atoms with Crippen LogP contribution in [-0.4, -0.2) is 61.9 Å². The van der Waals surface area contributed by atoms with Crippen LogP contribution in [0.4, 0.5) is 5.69 Å². The zero-order valence-corrected chi connectivity index (χ0v) is 17.3. The number of piperazine rings is 1. The number of quaternary nitrogens is 1. The molecular formula is C23H29N4O3+. The van der Waals surface area contributed by atoms with Crippen LogP contribution in [0.2, 0.25) is 0 Å². The van der Waals surface area contributed by atoms with Gasteiger partial charge in [0.15, 0.2) is 6.54 Å². The minimum atomic E-state index is -0.204. The lowest BCUT2D eigenvalue weighted by atomic mass is 10.1. The number of hydrogen-bond donors (Lipinski definition) is 3. The Kier molecular flexibility index (Phi) is 7.57. The Morgan fingerprint density at radius 2 is 1.63 bits per heavy atom. The maximum atomic E-state index is 12.6. The molecule has 0 radical (unpaired) electrons. The van der Waals surface area contributed by atoms with Gasteiger partial charge in [0.2, 0.25) is 5.91 Å². The lowest BCUT2D eigenvalue weighted by molar-refractivity contribution is -0.895. The highest BCUT2D eigenvalue weighted by Crippen LogP contribution is 2.14. The molecule has 3 amide bonds. The maximum absolute atomic E-state index is 12.6. The topological polar surface area (TPSA) is 83.0 Å². The van der Waals surface area contributed by atoms with Gasteiger partial charge in [-0.25, -0.2) is 0 Å². The van der Waals surface area contributed by atoms with Crippen molar-refractivity contribution in [1.29, 1.82) is 0 Å². The molecular weight excluding hydrogens is 380 g/mol. The minimum Gasteiger partial charge on any atom is -0.352 e. The molecule has 1 fully saturated rings. The summed E-state index contributed by atoms with van der Waals surface area (Å²) in [7, 11) is 0.